The van der Waals surface area contributed by atoms with Crippen LogP contribution in [0.4, 0.5) is 30.4 Å². The van der Waals surface area contributed by atoms with E-state index in [0.29, 0.717) is 0 Å². The number of hydrogen-bond acceptors (Lipinski definition) is 5. The number of anilines is 3. The Morgan fingerprint density at radius 3 is 2.39 bits per heavy atom. The van der Waals surface area contributed by atoms with Gasteiger partial charge in [0.15, 0.2) is 17.5 Å². The largest absolute Gasteiger partial charge is 0.396 e. The van der Waals surface area contributed by atoms with Crippen LogP contribution >= 0.6 is 0 Å². The van der Waals surface area contributed by atoms with Crippen LogP contribution in [-0.4, -0.2) is 24.0 Å². The smallest absolute Gasteiger partial charge is 0.250 e. The molecule has 0 aliphatic rings. The Morgan fingerprint density at radius 2 is 1.87 bits per heavy atom. The normalized spacial score (nSPS) is 10.6. The summed E-state index contributed by atoms with van der Waals surface area (Å²) in [4.78, 5) is 16.2. The lowest BCUT2D eigenvalue weighted by atomic mass is 10.2. The molecule has 0 fully saturated rings. The highest BCUT2D eigenvalue weighted by Crippen LogP contribution is 2.31. The predicted molar refractivity (Wildman–Crippen MR) is 79.5 cm³/mol. The maximum atomic E-state index is 14.1. The fraction of sp³-hybridized carbons (Fsp3) is 0.143. The number of pyridine rings is 1. The highest BCUT2D eigenvalue weighted by molar-refractivity contribution is 5.92. The van der Waals surface area contributed by atoms with Crippen molar-refractivity contribution in [1.29, 1.82) is 0 Å². The quantitative estimate of drug-likeness (QED) is 0.566. The number of primary amides is 1. The van der Waals surface area contributed by atoms with Gasteiger partial charge in [0.2, 0.25) is 5.91 Å². The van der Waals surface area contributed by atoms with Gasteiger partial charge >= 0.3 is 0 Å². The number of hydrogen-bond donors (Lipinski definition) is 3. The lowest BCUT2D eigenvalue weighted by molar-refractivity contribution is 0.1000. The molecule has 6 N–H and O–H groups in total. The van der Waals surface area contributed by atoms with E-state index in [9.17, 15) is 18.0 Å². The molecule has 0 aliphatic heterocycles. The van der Waals surface area contributed by atoms with E-state index < -0.39 is 29.0 Å². The van der Waals surface area contributed by atoms with E-state index in [-0.39, 0.29) is 30.2 Å². The Labute approximate surface area is 129 Å². The zero-order chi connectivity index (χ0) is 17.1. The number of carbonyl (C=O) groups is 1. The lowest BCUT2D eigenvalue weighted by Crippen LogP contribution is -2.27. The molecule has 9 heteroatoms. The van der Waals surface area contributed by atoms with Crippen LogP contribution in [0.1, 0.15) is 10.4 Å². The fourth-order valence-electron chi connectivity index (χ4n) is 1.98. The van der Waals surface area contributed by atoms with Gasteiger partial charge in [-0.2, -0.15) is 0 Å². The zero-order valence-electron chi connectivity index (χ0n) is 11.9. The predicted octanol–water partition coefficient (Wildman–Crippen LogP) is 1.28. The Morgan fingerprint density at radius 1 is 1.17 bits per heavy atom. The van der Waals surface area contributed by atoms with Gasteiger partial charge in [-0.05, 0) is 18.2 Å². The van der Waals surface area contributed by atoms with Crippen molar-refractivity contribution < 1.29 is 18.0 Å². The van der Waals surface area contributed by atoms with Crippen molar-refractivity contribution >= 4 is 23.1 Å². The molecule has 6 nitrogen and oxygen atoms in total. The van der Waals surface area contributed by atoms with Crippen molar-refractivity contribution in [3.8, 4) is 0 Å². The molecule has 122 valence electrons. The summed E-state index contributed by atoms with van der Waals surface area (Å²) in [6.45, 7) is 0.141. The Bertz CT molecular complexity index is 736. The molecule has 0 saturated carbocycles. The van der Waals surface area contributed by atoms with Crippen LogP contribution in [0.15, 0.2) is 24.4 Å². The summed E-state index contributed by atoms with van der Waals surface area (Å²) in [5, 5.41) is 0. The van der Waals surface area contributed by atoms with Gasteiger partial charge in [0.25, 0.3) is 0 Å². The third-order valence-corrected chi connectivity index (χ3v) is 3.11. The van der Waals surface area contributed by atoms with Gasteiger partial charge in [-0.15, -0.1) is 0 Å². The van der Waals surface area contributed by atoms with E-state index in [1.807, 2.05) is 0 Å². The van der Waals surface area contributed by atoms with Crippen LogP contribution in [0.3, 0.4) is 0 Å². The summed E-state index contributed by atoms with van der Waals surface area (Å²) in [6, 6.07) is 3.70. The summed E-state index contributed by atoms with van der Waals surface area (Å²) in [7, 11) is 0. The number of benzene rings is 1. The molecule has 2 aromatic rings. The van der Waals surface area contributed by atoms with Crippen LogP contribution < -0.4 is 22.1 Å². The number of amides is 1. The number of halogens is 3. The van der Waals surface area contributed by atoms with Gasteiger partial charge in [-0.1, -0.05) is 0 Å². The molecule has 1 heterocycles. The average Bonchev–Trinajstić information content (AvgIpc) is 2.54. The van der Waals surface area contributed by atoms with Crippen LogP contribution in [0.5, 0.6) is 0 Å². The maximum absolute atomic E-state index is 14.1. The van der Waals surface area contributed by atoms with Crippen molar-refractivity contribution in [1.82, 2.24) is 4.98 Å². The Balaban J connectivity index is 2.52. The van der Waals surface area contributed by atoms with Crippen molar-refractivity contribution in [3.63, 3.8) is 0 Å². The highest BCUT2D eigenvalue weighted by atomic mass is 19.2. The van der Waals surface area contributed by atoms with Gasteiger partial charge in [-0.25, -0.2) is 18.2 Å². The molecule has 0 spiro atoms. The first-order chi connectivity index (χ1) is 10.9. The second-order valence-electron chi connectivity index (χ2n) is 4.64. The van der Waals surface area contributed by atoms with Gasteiger partial charge in [0.05, 0.1) is 16.9 Å². The van der Waals surface area contributed by atoms with Crippen LogP contribution in [-0.2, 0) is 0 Å². The molecular formula is C14H14F3N5O. The zero-order valence-corrected chi connectivity index (χ0v) is 11.9. The summed E-state index contributed by atoms with van der Waals surface area (Å²) in [5.74, 6) is -5.07. The molecule has 0 saturated heterocycles. The van der Waals surface area contributed by atoms with E-state index in [2.05, 4.69) is 4.98 Å². The molecule has 1 aromatic carbocycles. The van der Waals surface area contributed by atoms with Crippen LogP contribution in [0, 0.1) is 17.5 Å². The maximum Gasteiger partial charge on any atom is 0.250 e. The molecule has 2 rings (SSSR count). The van der Waals surface area contributed by atoms with Crippen molar-refractivity contribution in [3.05, 3.63) is 47.4 Å². The Kier molecular flexibility index (Phi) is 4.70. The molecule has 23 heavy (non-hydrogen) atoms. The second-order valence-corrected chi connectivity index (χ2v) is 4.64. The number of nitrogens with zero attached hydrogens (tertiary/aromatic N) is 2. The van der Waals surface area contributed by atoms with E-state index in [1.165, 1.54) is 23.2 Å². The topological polar surface area (TPSA) is 111 Å². The van der Waals surface area contributed by atoms with Gasteiger partial charge in [0, 0.05) is 19.3 Å². The van der Waals surface area contributed by atoms with Gasteiger partial charge in [0.1, 0.15) is 5.82 Å². The van der Waals surface area contributed by atoms with Gasteiger partial charge < -0.3 is 22.1 Å². The van der Waals surface area contributed by atoms with Crippen molar-refractivity contribution in [2.24, 2.45) is 11.5 Å². The Hall–Kier alpha value is -2.81. The molecule has 0 bridgehead atoms. The van der Waals surface area contributed by atoms with Crippen molar-refractivity contribution in [2.45, 2.75) is 0 Å². The molecule has 1 amide bonds. The second kappa shape index (κ2) is 6.53. The minimum absolute atomic E-state index is 0.0599. The first-order valence-corrected chi connectivity index (χ1v) is 6.53. The highest BCUT2D eigenvalue weighted by Gasteiger charge is 2.22. The number of carbonyl (C=O) groups excluding carboxylic acids is 1. The molecule has 1 aromatic heterocycles. The first-order valence-electron chi connectivity index (χ1n) is 6.53. The molecule has 0 unspecified atom stereocenters. The molecule has 0 aliphatic carbocycles. The molecule has 0 atom stereocenters. The molecular weight excluding hydrogens is 311 g/mol. The summed E-state index contributed by atoms with van der Waals surface area (Å²) in [6.07, 6.45) is 1.18. The van der Waals surface area contributed by atoms with E-state index >= 15 is 0 Å². The number of aromatic nitrogens is 1. The monoisotopic (exact) mass is 325 g/mol. The van der Waals surface area contributed by atoms with Crippen molar-refractivity contribution in [2.75, 3.05) is 23.7 Å². The summed E-state index contributed by atoms with van der Waals surface area (Å²) < 4.78 is 40.9. The SMILES string of the molecule is NCCN(c1ccc(C(N)=O)cn1)c1cc(N)c(F)c(F)c1F. The number of nitrogen functional groups attached to an aromatic ring is 1. The summed E-state index contributed by atoms with van der Waals surface area (Å²) in [5.41, 5.74) is 15.2. The third kappa shape index (κ3) is 3.19. The van der Waals surface area contributed by atoms with E-state index in [4.69, 9.17) is 17.2 Å². The average molecular weight is 325 g/mol. The minimum atomic E-state index is -1.68. The lowest BCUT2D eigenvalue weighted by Gasteiger charge is -2.24. The molecule has 0 radical (unpaired) electrons. The van der Waals surface area contributed by atoms with Gasteiger partial charge in [-0.3, -0.25) is 4.79 Å². The fourth-order valence-corrected chi connectivity index (χ4v) is 1.98. The minimum Gasteiger partial charge on any atom is -0.396 e. The van der Waals surface area contributed by atoms with Crippen LogP contribution in [0.2, 0.25) is 0 Å². The summed E-state index contributed by atoms with van der Waals surface area (Å²) >= 11 is 0. The third-order valence-electron chi connectivity index (χ3n) is 3.11. The van der Waals surface area contributed by atoms with Crippen LogP contribution in [0.25, 0.3) is 0 Å². The van der Waals surface area contributed by atoms with E-state index in [1.54, 1.807) is 0 Å². The first kappa shape index (κ1) is 16.6. The number of rotatable bonds is 5. The van der Waals surface area contributed by atoms with E-state index in [0.717, 1.165) is 6.07 Å². The number of nitrogens with two attached hydrogens (primary N) is 3. The standard InChI is InChI=1S/C14H14F3N5O/c15-11-8(19)5-9(12(16)13(11)17)22(4-3-18)10-2-1-7(6-21-10)14(20)23/h1-2,5-6H,3-4,18-19H2,(H2,20,23).